The van der Waals surface area contributed by atoms with Crippen LogP contribution < -0.4 is 5.73 Å². The predicted octanol–water partition coefficient (Wildman–Crippen LogP) is 1.77. The lowest BCUT2D eigenvalue weighted by molar-refractivity contribution is -0.138. The number of nitrogens with two attached hydrogens (primary N) is 1. The maximum absolute atomic E-state index is 10.5. The highest BCUT2D eigenvalue weighted by atomic mass is 35.5. The standard InChI is InChI=1S/C11H14ClNO2/c12-7-9-3-1-8(2-4-9)5-6-10(13)11(14)15/h1-4,10H,5-7,13H2,(H,14,15). The molecule has 4 heteroatoms. The van der Waals surface area contributed by atoms with Crippen molar-refractivity contribution in [2.45, 2.75) is 24.8 Å². The monoisotopic (exact) mass is 227 g/mol. The molecule has 0 spiro atoms. The number of aryl methyl sites for hydroxylation is 1. The minimum Gasteiger partial charge on any atom is -0.480 e. The summed E-state index contributed by atoms with van der Waals surface area (Å²) in [5.74, 6) is -0.457. The molecule has 0 heterocycles. The van der Waals surface area contributed by atoms with Crippen molar-refractivity contribution >= 4 is 17.6 Å². The van der Waals surface area contributed by atoms with Crippen molar-refractivity contribution in [1.82, 2.24) is 0 Å². The number of hydrogen-bond acceptors (Lipinski definition) is 2. The van der Waals surface area contributed by atoms with Crippen molar-refractivity contribution in [3.63, 3.8) is 0 Å². The first-order chi connectivity index (χ1) is 7.13. The second-order valence-electron chi connectivity index (χ2n) is 3.43. The van der Waals surface area contributed by atoms with Crippen molar-refractivity contribution < 1.29 is 9.90 Å². The fraction of sp³-hybridized carbons (Fsp3) is 0.364. The predicted molar refractivity (Wildman–Crippen MR) is 59.9 cm³/mol. The van der Waals surface area contributed by atoms with Gasteiger partial charge in [0, 0.05) is 5.88 Å². The molecule has 0 aliphatic heterocycles. The third-order valence-corrected chi connectivity index (χ3v) is 2.55. The van der Waals surface area contributed by atoms with E-state index in [4.69, 9.17) is 22.4 Å². The molecule has 1 aromatic carbocycles. The zero-order valence-corrected chi connectivity index (χ0v) is 9.07. The van der Waals surface area contributed by atoms with Crippen molar-refractivity contribution in [3.05, 3.63) is 35.4 Å². The van der Waals surface area contributed by atoms with Crippen LogP contribution >= 0.6 is 11.6 Å². The van der Waals surface area contributed by atoms with E-state index in [1.54, 1.807) is 0 Å². The van der Waals surface area contributed by atoms with Gasteiger partial charge in [-0.3, -0.25) is 4.79 Å². The fourth-order valence-electron chi connectivity index (χ4n) is 1.24. The largest absolute Gasteiger partial charge is 0.480 e. The molecule has 0 fully saturated rings. The maximum atomic E-state index is 10.5. The van der Waals surface area contributed by atoms with Crippen LogP contribution in [0.25, 0.3) is 0 Å². The lowest BCUT2D eigenvalue weighted by Crippen LogP contribution is -2.30. The highest BCUT2D eigenvalue weighted by Gasteiger charge is 2.10. The molecule has 1 atom stereocenters. The second kappa shape index (κ2) is 5.73. The Kier molecular flexibility index (Phi) is 4.59. The first-order valence-electron chi connectivity index (χ1n) is 4.75. The zero-order chi connectivity index (χ0) is 11.3. The molecule has 3 nitrogen and oxygen atoms in total. The number of alkyl halides is 1. The van der Waals surface area contributed by atoms with Gasteiger partial charge >= 0.3 is 5.97 Å². The number of rotatable bonds is 5. The minimum atomic E-state index is -0.952. The van der Waals surface area contributed by atoms with Gasteiger partial charge in [-0.1, -0.05) is 24.3 Å². The van der Waals surface area contributed by atoms with Gasteiger partial charge in [0.15, 0.2) is 0 Å². The van der Waals surface area contributed by atoms with Crippen LogP contribution in [0, 0.1) is 0 Å². The van der Waals surface area contributed by atoms with Crippen molar-refractivity contribution in [2.24, 2.45) is 5.73 Å². The van der Waals surface area contributed by atoms with Crippen LogP contribution in [0.4, 0.5) is 0 Å². The molecule has 0 bridgehead atoms. The van der Waals surface area contributed by atoms with E-state index in [9.17, 15) is 4.79 Å². The average molecular weight is 228 g/mol. The molecular weight excluding hydrogens is 214 g/mol. The summed E-state index contributed by atoms with van der Waals surface area (Å²) in [5.41, 5.74) is 7.54. The van der Waals surface area contributed by atoms with Crippen LogP contribution in [0.3, 0.4) is 0 Å². The van der Waals surface area contributed by atoms with Crippen LogP contribution in [-0.2, 0) is 17.1 Å². The van der Waals surface area contributed by atoms with Gasteiger partial charge < -0.3 is 10.8 Å². The number of halogens is 1. The molecule has 1 aromatic rings. The lowest BCUT2D eigenvalue weighted by atomic mass is 10.0. The summed E-state index contributed by atoms with van der Waals surface area (Å²) in [6.07, 6.45) is 1.13. The molecule has 0 saturated carbocycles. The van der Waals surface area contributed by atoms with E-state index in [2.05, 4.69) is 0 Å². The molecule has 0 radical (unpaired) electrons. The maximum Gasteiger partial charge on any atom is 0.320 e. The smallest absolute Gasteiger partial charge is 0.320 e. The van der Waals surface area contributed by atoms with Gasteiger partial charge in [-0.2, -0.15) is 0 Å². The van der Waals surface area contributed by atoms with Crippen LogP contribution in [0.1, 0.15) is 17.5 Å². The molecule has 3 N–H and O–H groups in total. The first-order valence-corrected chi connectivity index (χ1v) is 5.29. The Hall–Kier alpha value is -1.06. The molecule has 0 aliphatic carbocycles. The molecule has 0 aliphatic rings. The number of aliphatic carboxylic acids is 1. The van der Waals surface area contributed by atoms with Crippen LogP contribution in [-0.4, -0.2) is 17.1 Å². The van der Waals surface area contributed by atoms with E-state index < -0.39 is 12.0 Å². The summed E-state index contributed by atoms with van der Waals surface area (Å²) in [4.78, 5) is 10.5. The Morgan fingerprint density at radius 1 is 1.33 bits per heavy atom. The van der Waals surface area contributed by atoms with E-state index in [1.807, 2.05) is 24.3 Å². The van der Waals surface area contributed by atoms with Crippen LogP contribution in [0.15, 0.2) is 24.3 Å². The van der Waals surface area contributed by atoms with Gasteiger partial charge in [-0.05, 0) is 24.0 Å². The van der Waals surface area contributed by atoms with Gasteiger partial charge in [0.05, 0.1) is 0 Å². The van der Waals surface area contributed by atoms with Gasteiger partial charge in [-0.25, -0.2) is 0 Å². The van der Waals surface area contributed by atoms with Crippen molar-refractivity contribution in [1.29, 1.82) is 0 Å². The van der Waals surface area contributed by atoms with Crippen molar-refractivity contribution in [3.8, 4) is 0 Å². The number of carboxylic acids is 1. The quantitative estimate of drug-likeness (QED) is 0.754. The summed E-state index contributed by atoms with van der Waals surface area (Å²) < 4.78 is 0. The summed E-state index contributed by atoms with van der Waals surface area (Å²) in [5, 5.41) is 8.60. The number of carboxylic acid groups (broad SMARTS) is 1. The Morgan fingerprint density at radius 3 is 2.33 bits per heavy atom. The van der Waals surface area contributed by atoms with Gasteiger partial charge in [0.25, 0.3) is 0 Å². The second-order valence-corrected chi connectivity index (χ2v) is 3.70. The molecular formula is C11H14ClNO2. The zero-order valence-electron chi connectivity index (χ0n) is 8.32. The molecule has 1 rings (SSSR count). The van der Waals surface area contributed by atoms with E-state index in [-0.39, 0.29) is 0 Å². The third-order valence-electron chi connectivity index (χ3n) is 2.24. The molecule has 15 heavy (non-hydrogen) atoms. The fourth-order valence-corrected chi connectivity index (χ4v) is 1.42. The van der Waals surface area contributed by atoms with E-state index in [0.717, 1.165) is 11.1 Å². The van der Waals surface area contributed by atoms with Gasteiger partial charge in [0.2, 0.25) is 0 Å². The summed E-state index contributed by atoms with van der Waals surface area (Å²) in [6.45, 7) is 0. The topological polar surface area (TPSA) is 63.3 Å². The molecule has 82 valence electrons. The van der Waals surface area contributed by atoms with Crippen LogP contribution in [0.5, 0.6) is 0 Å². The number of hydrogen-bond donors (Lipinski definition) is 2. The SMILES string of the molecule is NC(CCc1ccc(CCl)cc1)C(=O)O. The molecule has 0 amide bonds. The van der Waals surface area contributed by atoms with E-state index in [1.165, 1.54) is 0 Å². The highest BCUT2D eigenvalue weighted by molar-refractivity contribution is 6.17. The summed E-state index contributed by atoms with van der Waals surface area (Å²) in [7, 11) is 0. The third kappa shape index (κ3) is 3.90. The normalized spacial score (nSPS) is 12.4. The average Bonchev–Trinajstić information content (AvgIpc) is 2.26. The Morgan fingerprint density at radius 2 is 1.87 bits per heavy atom. The highest BCUT2D eigenvalue weighted by Crippen LogP contribution is 2.09. The number of benzene rings is 1. The summed E-state index contributed by atoms with van der Waals surface area (Å²) >= 11 is 5.65. The van der Waals surface area contributed by atoms with Gasteiger partial charge in [-0.15, -0.1) is 11.6 Å². The van der Waals surface area contributed by atoms with E-state index >= 15 is 0 Å². The summed E-state index contributed by atoms with van der Waals surface area (Å²) in [6, 6.07) is 7.00. The lowest BCUT2D eigenvalue weighted by Gasteiger charge is -2.06. The van der Waals surface area contributed by atoms with Crippen molar-refractivity contribution in [2.75, 3.05) is 0 Å². The Balaban J connectivity index is 2.47. The Bertz CT molecular complexity index is 324. The number of carbonyl (C=O) groups is 1. The Labute approximate surface area is 93.9 Å². The minimum absolute atomic E-state index is 0.454. The van der Waals surface area contributed by atoms with Gasteiger partial charge in [0.1, 0.15) is 6.04 Å². The first kappa shape index (κ1) is 12.0. The molecule has 1 unspecified atom stereocenters. The molecule has 0 aromatic heterocycles. The molecule has 0 saturated heterocycles. The van der Waals surface area contributed by atoms with E-state index in [0.29, 0.717) is 18.7 Å². The van der Waals surface area contributed by atoms with Crippen LogP contribution in [0.2, 0.25) is 0 Å².